The molecule has 3 saturated carbocycles. The van der Waals surface area contributed by atoms with Crippen LogP contribution in [0.4, 0.5) is 0 Å². The van der Waals surface area contributed by atoms with Crippen LogP contribution in [-0.4, -0.2) is 60.2 Å². The van der Waals surface area contributed by atoms with Crippen LogP contribution >= 0.6 is 0 Å². The summed E-state index contributed by atoms with van der Waals surface area (Å²) in [7, 11) is 0. The van der Waals surface area contributed by atoms with Crippen LogP contribution < -0.4 is 9.47 Å². The molecule has 1 N–H and O–H groups in total. The lowest BCUT2D eigenvalue weighted by Crippen LogP contribution is -2.46. The van der Waals surface area contributed by atoms with E-state index in [1.807, 2.05) is 0 Å². The third kappa shape index (κ3) is 8.70. The second-order valence-corrected chi connectivity index (χ2v) is 15.7. The first-order chi connectivity index (χ1) is 20.7. The molecule has 5 rings (SSSR count). The number of β-amino-alcohol motifs (C(OH)–C–C–N with tert-alkyl or cyclic N) is 1. The van der Waals surface area contributed by atoms with Gasteiger partial charge in [0.25, 0.3) is 0 Å². The Labute approximate surface area is 263 Å². The fraction of sp³-hybridized carbons (Fsp3) is 0.842. The topological polar surface area (TPSA) is 51.2 Å². The Kier molecular flexibility index (Phi) is 11.8. The van der Waals surface area contributed by atoms with Crippen molar-refractivity contribution in [2.24, 2.45) is 35.5 Å². The first kappa shape index (κ1) is 33.1. The van der Waals surface area contributed by atoms with Gasteiger partial charge in [0.15, 0.2) is 11.5 Å². The lowest BCUT2D eigenvalue weighted by atomic mass is 9.75. The maximum absolute atomic E-state index is 10.1. The molecule has 43 heavy (non-hydrogen) atoms. The first-order valence-electron chi connectivity index (χ1n) is 18.2. The molecule has 3 aliphatic carbocycles. The Morgan fingerprint density at radius 3 is 2.00 bits per heavy atom. The van der Waals surface area contributed by atoms with Crippen molar-refractivity contribution in [3.8, 4) is 11.5 Å². The van der Waals surface area contributed by atoms with Crippen molar-refractivity contribution in [2.75, 3.05) is 19.7 Å². The van der Waals surface area contributed by atoms with E-state index in [9.17, 15) is 5.11 Å². The Bertz CT molecular complexity index is 996. The SMILES string of the molecule is CC1CCC(C(C)C)C(Oc2ccc(CCO[C@H]3CCCC[C@@H]3N3CC[C@@H](O)C3)cc2OC2CC(C)CCC2C(C)C)C1. The highest BCUT2D eigenvalue weighted by Crippen LogP contribution is 2.42. The van der Waals surface area contributed by atoms with Crippen molar-refractivity contribution < 1.29 is 19.3 Å². The van der Waals surface area contributed by atoms with Gasteiger partial charge in [0, 0.05) is 19.1 Å². The lowest BCUT2D eigenvalue weighted by molar-refractivity contribution is -0.0316. The standard InChI is InChI=1S/C38H63NO4/c1-25(2)31-14-11-27(5)21-36(31)42-35-16-13-29(23-38(35)43-37-22-28(6)12-15-32(37)26(3)4)18-20-41-34-10-8-7-9-33(34)39-19-17-30(40)24-39/h13,16,23,25-28,30-34,36-37,40H,7-12,14-15,17-22,24H2,1-6H3/t27?,28?,30-,31?,32?,33+,34+,36?,37?/m1/s1. The molecular weight excluding hydrogens is 534 g/mol. The zero-order valence-electron chi connectivity index (χ0n) is 28.3. The molecule has 1 aliphatic heterocycles. The first-order valence-corrected chi connectivity index (χ1v) is 18.2. The van der Waals surface area contributed by atoms with E-state index in [4.69, 9.17) is 14.2 Å². The van der Waals surface area contributed by atoms with E-state index in [0.29, 0.717) is 41.5 Å². The number of aliphatic hydroxyl groups excluding tert-OH is 1. The number of rotatable bonds is 11. The summed E-state index contributed by atoms with van der Waals surface area (Å²) in [5.74, 6) is 5.71. The van der Waals surface area contributed by atoms with Gasteiger partial charge in [-0.15, -0.1) is 0 Å². The third-order valence-electron chi connectivity index (χ3n) is 11.5. The van der Waals surface area contributed by atoms with Crippen molar-refractivity contribution in [3.63, 3.8) is 0 Å². The van der Waals surface area contributed by atoms with Gasteiger partial charge in [0.05, 0.1) is 18.8 Å². The van der Waals surface area contributed by atoms with E-state index in [0.717, 1.165) is 63.3 Å². The minimum absolute atomic E-state index is 0.170. The van der Waals surface area contributed by atoms with Gasteiger partial charge in [0.2, 0.25) is 0 Å². The predicted molar refractivity (Wildman–Crippen MR) is 176 cm³/mol. The van der Waals surface area contributed by atoms with Crippen molar-refractivity contribution in [1.29, 1.82) is 0 Å². The number of hydrogen-bond acceptors (Lipinski definition) is 5. The van der Waals surface area contributed by atoms with E-state index in [2.05, 4.69) is 64.6 Å². The second kappa shape index (κ2) is 15.3. The Balaban J connectivity index is 1.30. The van der Waals surface area contributed by atoms with Gasteiger partial charge in [0.1, 0.15) is 12.2 Å². The Morgan fingerprint density at radius 2 is 1.40 bits per heavy atom. The third-order valence-corrected chi connectivity index (χ3v) is 11.5. The molecule has 1 saturated heterocycles. The molecule has 4 aliphatic rings. The summed E-state index contributed by atoms with van der Waals surface area (Å²) >= 11 is 0. The molecule has 0 amide bonds. The molecule has 9 atom stereocenters. The van der Waals surface area contributed by atoms with E-state index in [-0.39, 0.29) is 24.4 Å². The van der Waals surface area contributed by atoms with Gasteiger partial charge in [-0.1, -0.05) is 73.3 Å². The fourth-order valence-electron chi connectivity index (χ4n) is 8.81. The van der Waals surface area contributed by atoms with E-state index < -0.39 is 0 Å². The number of ether oxygens (including phenoxy) is 3. The second-order valence-electron chi connectivity index (χ2n) is 15.7. The Hall–Kier alpha value is -1.30. The molecule has 0 bridgehead atoms. The van der Waals surface area contributed by atoms with Gasteiger partial charge >= 0.3 is 0 Å². The lowest BCUT2D eigenvalue weighted by Gasteiger charge is -2.39. The van der Waals surface area contributed by atoms with Crippen LogP contribution in [0.15, 0.2) is 18.2 Å². The molecule has 6 unspecified atom stereocenters. The minimum atomic E-state index is -0.170. The van der Waals surface area contributed by atoms with Crippen LogP contribution in [0.1, 0.15) is 118 Å². The van der Waals surface area contributed by atoms with Crippen molar-refractivity contribution in [3.05, 3.63) is 23.8 Å². The largest absolute Gasteiger partial charge is 0.486 e. The molecule has 1 aromatic carbocycles. The highest BCUT2D eigenvalue weighted by molar-refractivity contribution is 5.43. The molecule has 5 heteroatoms. The van der Waals surface area contributed by atoms with Crippen molar-refractivity contribution in [1.82, 2.24) is 4.90 Å². The van der Waals surface area contributed by atoms with Crippen molar-refractivity contribution >= 4 is 0 Å². The summed E-state index contributed by atoms with van der Waals surface area (Å²) in [6, 6.07) is 7.18. The summed E-state index contributed by atoms with van der Waals surface area (Å²) < 4.78 is 20.6. The average Bonchev–Trinajstić information content (AvgIpc) is 3.40. The van der Waals surface area contributed by atoms with Crippen LogP contribution in [0.2, 0.25) is 0 Å². The van der Waals surface area contributed by atoms with Gasteiger partial charge in [-0.05, 0) is 105 Å². The summed E-state index contributed by atoms with van der Waals surface area (Å²) in [5.41, 5.74) is 1.27. The predicted octanol–water partition coefficient (Wildman–Crippen LogP) is 8.30. The summed E-state index contributed by atoms with van der Waals surface area (Å²) in [5, 5.41) is 10.1. The van der Waals surface area contributed by atoms with Crippen LogP contribution in [0, 0.1) is 35.5 Å². The highest BCUT2D eigenvalue weighted by atomic mass is 16.5. The highest BCUT2D eigenvalue weighted by Gasteiger charge is 2.36. The number of nitrogens with zero attached hydrogens (tertiary/aromatic N) is 1. The van der Waals surface area contributed by atoms with Crippen LogP contribution in [0.3, 0.4) is 0 Å². The maximum atomic E-state index is 10.1. The van der Waals surface area contributed by atoms with Crippen LogP contribution in [-0.2, 0) is 11.2 Å². The molecule has 0 radical (unpaired) electrons. The fourth-order valence-corrected chi connectivity index (χ4v) is 8.81. The number of aliphatic hydroxyl groups is 1. The number of likely N-dealkylation sites (tertiary alicyclic amines) is 1. The normalized spacial score (nSPS) is 35.9. The summed E-state index contributed by atoms with van der Waals surface area (Å²) in [6.45, 7) is 16.7. The molecule has 0 spiro atoms. The summed E-state index contributed by atoms with van der Waals surface area (Å²) in [6.07, 6.45) is 14.6. The smallest absolute Gasteiger partial charge is 0.161 e. The molecule has 1 aromatic rings. The van der Waals surface area contributed by atoms with Gasteiger partial charge in [-0.3, -0.25) is 4.90 Å². The monoisotopic (exact) mass is 597 g/mol. The molecule has 1 heterocycles. The van der Waals surface area contributed by atoms with Crippen molar-refractivity contribution in [2.45, 2.75) is 149 Å². The van der Waals surface area contributed by atoms with E-state index in [1.165, 1.54) is 50.5 Å². The quantitative estimate of drug-likeness (QED) is 0.278. The Morgan fingerprint density at radius 1 is 0.767 bits per heavy atom. The summed E-state index contributed by atoms with van der Waals surface area (Å²) in [4.78, 5) is 2.49. The van der Waals surface area contributed by atoms with Gasteiger partial charge in [-0.2, -0.15) is 0 Å². The molecule has 244 valence electrons. The van der Waals surface area contributed by atoms with Gasteiger partial charge in [-0.25, -0.2) is 0 Å². The maximum Gasteiger partial charge on any atom is 0.161 e. The van der Waals surface area contributed by atoms with Gasteiger partial charge < -0.3 is 19.3 Å². The zero-order chi connectivity index (χ0) is 30.5. The average molecular weight is 598 g/mol. The number of benzene rings is 1. The number of hydrogen-bond donors (Lipinski definition) is 1. The molecule has 0 aromatic heterocycles. The molecule has 5 nitrogen and oxygen atoms in total. The minimum Gasteiger partial charge on any atom is -0.486 e. The van der Waals surface area contributed by atoms with Crippen LogP contribution in [0.25, 0.3) is 0 Å². The molecule has 4 fully saturated rings. The zero-order valence-corrected chi connectivity index (χ0v) is 28.3. The molecular formula is C38H63NO4. The van der Waals surface area contributed by atoms with E-state index in [1.54, 1.807) is 0 Å². The van der Waals surface area contributed by atoms with E-state index >= 15 is 0 Å². The van der Waals surface area contributed by atoms with Crippen LogP contribution in [0.5, 0.6) is 11.5 Å².